The van der Waals surface area contributed by atoms with Gasteiger partial charge in [-0.25, -0.2) is 0 Å². The van der Waals surface area contributed by atoms with E-state index in [1.165, 1.54) is 5.75 Å². The molecule has 0 saturated carbocycles. The maximum atomic E-state index is 11.9. The van der Waals surface area contributed by atoms with Crippen molar-refractivity contribution in [1.82, 2.24) is 4.90 Å². The molecule has 2 atom stereocenters. The van der Waals surface area contributed by atoms with Crippen LogP contribution < -0.4 is 0 Å². The van der Waals surface area contributed by atoms with Crippen molar-refractivity contribution in [2.24, 2.45) is 0 Å². The Morgan fingerprint density at radius 1 is 1.64 bits per heavy atom. The van der Waals surface area contributed by atoms with Gasteiger partial charge >= 0.3 is 0 Å². The number of hydrogen-bond donors (Lipinski definition) is 0. The van der Waals surface area contributed by atoms with E-state index in [1.807, 2.05) is 30.5 Å². The summed E-state index contributed by atoms with van der Waals surface area (Å²) >= 11 is 7.90. The summed E-state index contributed by atoms with van der Waals surface area (Å²) in [4.78, 5) is 13.8. The SMILES string of the molecule is CC[C@@H](Cl)C(=O)N(CC)[C@H]1CCSC1. The number of amides is 1. The molecule has 4 heteroatoms. The minimum Gasteiger partial charge on any atom is -0.338 e. The second-order valence-electron chi connectivity index (χ2n) is 3.52. The van der Waals surface area contributed by atoms with E-state index < -0.39 is 0 Å². The predicted molar refractivity (Wildman–Crippen MR) is 63.0 cm³/mol. The summed E-state index contributed by atoms with van der Waals surface area (Å²) in [6.07, 6.45) is 1.84. The fourth-order valence-corrected chi connectivity index (χ4v) is 3.07. The molecule has 0 aliphatic carbocycles. The fourth-order valence-electron chi connectivity index (χ4n) is 1.72. The quantitative estimate of drug-likeness (QED) is 0.698. The third-order valence-corrected chi connectivity index (χ3v) is 4.24. The van der Waals surface area contributed by atoms with Crippen molar-refractivity contribution >= 4 is 29.3 Å². The number of alkyl halides is 1. The second-order valence-corrected chi connectivity index (χ2v) is 5.19. The molecular formula is C10H18ClNOS. The van der Waals surface area contributed by atoms with Crippen LogP contribution in [0.4, 0.5) is 0 Å². The Balaban J connectivity index is 2.55. The van der Waals surface area contributed by atoms with E-state index in [-0.39, 0.29) is 11.3 Å². The summed E-state index contributed by atoms with van der Waals surface area (Å²) in [6.45, 7) is 4.76. The van der Waals surface area contributed by atoms with Crippen LogP contribution in [-0.2, 0) is 4.79 Å². The number of thioether (sulfide) groups is 1. The molecule has 0 unspecified atom stereocenters. The summed E-state index contributed by atoms with van der Waals surface area (Å²) < 4.78 is 0. The van der Waals surface area contributed by atoms with Crippen LogP contribution in [0.2, 0.25) is 0 Å². The Morgan fingerprint density at radius 3 is 2.79 bits per heavy atom. The predicted octanol–water partition coefficient (Wildman–Crippen LogP) is 2.36. The Morgan fingerprint density at radius 2 is 2.36 bits per heavy atom. The number of halogens is 1. The lowest BCUT2D eigenvalue weighted by Gasteiger charge is -2.28. The zero-order chi connectivity index (χ0) is 10.6. The average molecular weight is 236 g/mol. The molecule has 0 spiro atoms. The topological polar surface area (TPSA) is 20.3 Å². The van der Waals surface area contributed by atoms with Crippen molar-refractivity contribution in [3.63, 3.8) is 0 Å². The van der Waals surface area contributed by atoms with Gasteiger partial charge in [-0.3, -0.25) is 4.79 Å². The van der Waals surface area contributed by atoms with Gasteiger partial charge < -0.3 is 4.90 Å². The van der Waals surface area contributed by atoms with Gasteiger partial charge in [0.05, 0.1) is 0 Å². The number of carbonyl (C=O) groups excluding carboxylic acids is 1. The number of rotatable bonds is 4. The van der Waals surface area contributed by atoms with Gasteiger partial charge in [0.15, 0.2) is 0 Å². The molecule has 1 fully saturated rings. The second kappa shape index (κ2) is 5.86. The highest BCUT2D eigenvalue weighted by Crippen LogP contribution is 2.23. The van der Waals surface area contributed by atoms with Gasteiger partial charge in [-0.1, -0.05) is 6.92 Å². The van der Waals surface area contributed by atoms with E-state index in [2.05, 4.69) is 0 Å². The van der Waals surface area contributed by atoms with Crippen LogP contribution in [0.3, 0.4) is 0 Å². The van der Waals surface area contributed by atoms with E-state index in [0.717, 1.165) is 25.1 Å². The maximum absolute atomic E-state index is 11.9. The molecule has 1 aliphatic heterocycles. The summed E-state index contributed by atoms with van der Waals surface area (Å²) in [5.41, 5.74) is 0. The smallest absolute Gasteiger partial charge is 0.240 e. The van der Waals surface area contributed by atoms with Crippen LogP contribution in [0.15, 0.2) is 0 Å². The highest BCUT2D eigenvalue weighted by molar-refractivity contribution is 7.99. The molecule has 0 aromatic rings. The van der Waals surface area contributed by atoms with Crippen molar-refractivity contribution < 1.29 is 4.79 Å². The molecule has 82 valence electrons. The minimum atomic E-state index is -0.333. The molecule has 0 aromatic carbocycles. The molecule has 1 amide bonds. The summed E-state index contributed by atoms with van der Waals surface area (Å²) in [5.74, 6) is 2.37. The Labute approximate surface area is 95.4 Å². The normalized spacial score (nSPS) is 23.5. The molecule has 0 radical (unpaired) electrons. The van der Waals surface area contributed by atoms with Crippen LogP contribution in [0.1, 0.15) is 26.7 Å². The van der Waals surface area contributed by atoms with Crippen molar-refractivity contribution in [1.29, 1.82) is 0 Å². The molecule has 0 bridgehead atoms. The first-order valence-corrected chi connectivity index (χ1v) is 6.82. The molecule has 1 rings (SSSR count). The zero-order valence-corrected chi connectivity index (χ0v) is 10.4. The molecular weight excluding hydrogens is 218 g/mol. The number of carbonyl (C=O) groups is 1. The van der Waals surface area contributed by atoms with Gasteiger partial charge in [0.25, 0.3) is 0 Å². The molecule has 14 heavy (non-hydrogen) atoms. The van der Waals surface area contributed by atoms with Gasteiger partial charge in [-0.05, 0) is 25.5 Å². The summed E-state index contributed by atoms with van der Waals surface area (Å²) in [5, 5.41) is -0.333. The van der Waals surface area contributed by atoms with Crippen molar-refractivity contribution in [2.45, 2.75) is 38.1 Å². The van der Waals surface area contributed by atoms with Crippen LogP contribution >= 0.6 is 23.4 Å². The van der Waals surface area contributed by atoms with E-state index in [0.29, 0.717) is 6.04 Å². The molecule has 1 heterocycles. The average Bonchev–Trinajstić information content (AvgIpc) is 2.71. The Kier molecular flexibility index (Phi) is 5.10. The fraction of sp³-hybridized carbons (Fsp3) is 0.900. The summed E-state index contributed by atoms with van der Waals surface area (Å²) in [7, 11) is 0. The Bertz CT molecular complexity index is 195. The first-order chi connectivity index (χ1) is 6.70. The third-order valence-electron chi connectivity index (χ3n) is 2.60. The lowest BCUT2D eigenvalue weighted by Crippen LogP contribution is -2.44. The lowest BCUT2D eigenvalue weighted by atomic mass is 10.2. The van der Waals surface area contributed by atoms with Gasteiger partial charge in [-0.2, -0.15) is 11.8 Å². The standard InChI is InChI=1S/C10H18ClNOS/c1-3-9(11)10(13)12(4-2)8-5-6-14-7-8/h8-9H,3-7H2,1-2H3/t8-,9+/m0/s1. The molecule has 0 N–H and O–H groups in total. The first kappa shape index (κ1) is 12.2. The maximum Gasteiger partial charge on any atom is 0.240 e. The van der Waals surface area contributed by atoms with Gasteiger partial charge in [0.2, 0.25) is 5.91 Å². The molecule has 1 aliphatic rings. The van der Waals surface area contributed by atoms with E-state index in [9.17, 15) is 4.79 Å². The summed E-state index contributed by atoms with van der Waals surface area (Å²) in [6, 6.07) is 0.422. The highest BCUT2D eigenvalue weighted by Gasteiger charge is 2.28. The van der Waals surface area contributed by atoms with E-state index >= 15 is 0 Å². The van der Waals surface area contributed by atoms with E-state index in [1.54, 1.807) is 0 Å². The van der Waals surface area contributed by atoms with Crippen LogP contribution in [-0.4, -0.2) is 40.3 Å². The van der Waals surface area contributed by atoms with Crippen molar-refractivity contribution in [3.05, 3.63) is 0 Å². The highest BCUT2D eigenvalue weighted by atomic mass is 35.5. The zero-order valence-electron chi connectivity index (χ0n) is 8.83. The van der Waals surface area contributed by atoms with Gasteiger partial charge in [0, 0.05) is 18.3 Å². The van der Waals surface area contributed by atoms with Crippen molar-refractivity contribution in [3.8, 4) is 0 Å². The monoisotopic (exact) mass is 235 g/mol. The first-order valence-electron chi connectivity index (χ1n) is 5.23. The van der Waals surface area contributed by atoms with E-state index in [4.69, 9.17) is 11.6 Å². The van der Waals surface area contributed by atoms with Crippen LogP contribution in [0.25, 0.3) is 0 Å². The number of nitrogens with zero attached hydrogens (tertiary/aromatic N) is 1. The molecule has 0 aromatic heterocycles. The third kappa shape index (κ3) is 2.80. The van der Waals surface area contributed by atoms with Crippen molar-refractivity contribution in [2.75, 3.05) is 18.1 Å². The molecule has 2 nitrogen and oxygen atoms in total. The minimum absolute atomic E-state index is 0.115. The van der Waals surface area contributed by atoms with Crippen LogP contribution in [0, 0.1) is 0 Å². The van der Waals surface area contributed by atoms with Gasteiger partial charge in [0.1, 0.15) is 5.38 Å². The lowest BCUT2D eigenvalue weighted by molar-refractivity contribution is -0.132. The number of hydrogen-bond acceptors (Lipinski definition) is 2. The molecule has 1 saturated heterocycles. The Hall–Kier alpha value is 0.110. The largest absolute Gasteiger partial charge is 0.338 e. The van der Waals surface area contributed by atoms with Gasteiger partial charge in [-0.15, -0.1) is 11.6 Å². The van der Waals surface area contributed by atoms with Crippen LogP contribution in [0.5, 0.6) is 0 Å².